The van der Waals surface area contributed by atoms with Crippen LogP contribution in [-0.2, 0) is 16.0 Å². The number of rotatable bonds is 7. The predicted molar refractivity (Wildman–Crippen MR) is 121 cm³/mol. The maximum absolute atomic E-state index is 12.7. The molecule has 0 atom stereocenters. The zero-order chi connectivity index (χ0) is 22.9. The molecule has 2 aromatic carbocycles. The molecule has 3 aromatic rings. The fourth-order valence-corrected chi connectivity index (χ4v) is 4.12. The van der Waals surface area contributed by atoms with Gasteiger partial charge in [-0.3, -0.25) is 4.79 Å². The number of carbonyl (C=O) groups is 2. The fraction of sp³-hybridized carbons (Fsp3) is 0.308. The molecule has 0 spiro atoms. The van der Waals surface area contributed by atoms with Crippen molar-refractivity contribution in [3.63, 3.8) is 0 Å². The number of ketones is 1. The van der Waals surface area contributed by atoms with Crippen LogP contribution in [0.3, 0.4) is 0 Å². The Balaban J connectivity index is 1.36. The number of aryl methyl sites for hydroxylation is 1. The second-order valence-electron chi connectivity index (χ2n) is 8.61. The van der Waals surface area contributed by atoms with Gasteiger partial charge in [-0.05, 0) is 52.0 Å². The minimum Gasteiger partial charge on any atom is -0.483 e. The quantitative estimate of drug-likeness (QED) is 0.402. The number of hydrogen-bond acceptors (Lipinski definition) is 5. The van der Waals surface area contributed by atoms with Crippen molar-refractivity contribution in [3.05, 3.63) is 77.1 Å². The first-order valence-electron chi connectivity index (χ1n) is 10.6. The molecule has 0 unspecified atom stereocenters. The van der Waals surface area contributed by atoms with Crippen molar-refractivity contribution in [2.24, 2.45) is 0 Å². The first kappa shape index (κ1) is 21.7. The summed E-state index contributed by atoms with van der Waals surface area (Å²) in [6.07, 6.45) is 0.778. The van der Waals surface area contributed by atoms with Gasteiger partial charge in [0.2, 0.25) is 5.78 Å². The number of nitrogens with zero attached hydrogens (tertiary/aromatic N) is 1. The third-order valence-electron chi connectivity index (χ3n) is 5.51. The molecule has 166 valence electrons. The molecule has 1 aliphatic rings. The van der Waals surface area contributed by atoms with E-state index in [1.165, 1.54) is 0 Å². The highest BCUT2D eigenvalue weighted by Gasteiger charge is 2.32. The van der Waals surface area contributed by atoms with E-state index in [4.69, 9.17) is 14.2 Å². The highest BCUT2D eigenvalue weighted by molar-refractivity contribution is 5.99. The molecule has 0 saturated carbocycles. The van der Waals surface area contributed by atoms with E-state index in [1.54, 1.807) is 6.07 Å². The Morgan fingerprint density at radius 2 is 1.78 bits per heavy atom. The molecule has 1 aliphatic heterocycles. The van der Waals surface area contributed by atoms with Gasteiger partial charge < -0.3 is 18.8 Å². The molecule has 6 heteroatoms. The van der Waals surface area contributed by atoms with Crippen LogP contribution in [0.2, 0.25) is 0 Å². The van der Waals surface area contributed by atoms with E-state index in [9.17, 15) is 9.59 Å². The van der Waals surface area contributed by atoms with E-state index in [2.05, 4.69) is 0 Å². The Kier molecular flexibility index (Phi) is 5.78. The summed E-state index contributed by atoms with van der Waals surface area (Å²) in [7, 11) is 0. The summed E-state index contributed by atoms with van der Waals surface area (Å²) >= 11 is 0. The van der Waals surface area contributed by atoms with E-state index >= 15 is 0 Å². The Labute approximate surface area is 187 Å². The summed E-state index contributed by atoms with van der Waals surface area (Å²) in [5, 5.41) is 0. The number of benzene rings is 2. The zero-order valence-electron chi connectivity index (χ0n) is 18.8. The van der Waals surface area contributed by atoms with Crippen LogP contribution < -0.4 is 9.47 Å². The lowest BCUT2D eigenvalue weighted by Gasteiger charge is -2.18. The molecular weight excluding hydrogens is 406 g/mol. The summed E-state index contributed by atoms with van der Waals surface area (Å²) in [6.45, 7) is 7.21. The lowest BCUT2D eigenvalue weighted by Crippen LogP contribution is -2.25. The minimum absolute atomic E-state index is 0.251. The number of Topliss-reactive ketones (excluding diaryl/α,β-unsaturated/α-hetero) is 1. The van der Waals surface area contributed by atoms with Gasteiger partial charge in [0.25, 0.3) is 0 Å². The average Bonchev–Trinajstić information content (AvgIpc) is 3.25. The summed E-state index contributed by atoms with van der Waals surface area (Å²) in [5.41, 5.74) is 4.01. The van der Waals surface area contributed by atoms with E-state index in [0.29, 0.717) is 17.1 Å². The highest BCUT2D eigenvalue weighted by Crippen LogP contribution is 2.41. The summed E-state index contributed by atoms with van der Waals surface area (Å²) in [6, 6.07) is 17.3. The van der Waals surface area contributed by atoms with Crippen molar-refractivity contribution in [2.45, 2.75) is 39.7 Å². The number of esters is 1. The lowest BCUT2D eigenvalue weighted by molar-refractivity contribution is -0.144. The van der Waals surface area contributed by atoms with Crippen LogP contribution in [0.15, 0.2) is 54.6 Å². The van der Waals surface area contributed by atoms with E-state index < -0.39 is 5.97 Å². The molecule has 0 amide bonds. The molecule has 1 aromatic heterocycles. The van der Waals surface area contributed by atoms with Gasteiger partial charge in [-0.25, -0.2) is 4.79 Å². The van der Waals surface area contributed by atoms with Gasteiger partial charge in [-0.15, -0.1) is 0 Å². The van der Waals surface area contributed by atoms with Crippen molar-refractivity contribution in [1.29, 1.82) is 0 Å². The lowest BCUT2D eigenvalue weighted by atomic mass is 10.0. The molecule has 0 N–H and O–H groups in total. The predicted octanol–water partition coefficient (Wildman–Crippen LogP) is 4.61. The van der Waals surface area contributed by atoms with Gasteiger partial charge in [0.1, 0.15) is 5.60 Å². The first-order chi connectivity index (χ1) is 15.2. The molecule has 0 saturated heterocycles. The number of hydrogen-bond donors (Lipinski definition) is 0. The van der Waals surface area contributed by atoms with Crippen LogP contribution in [0.1, 0.15) is 41.2 Å². The van der Waals surface area contributed by atoms with E-state index in [1.807, 2.05) is 80.8 Å². The Morgan fingerprint density at radius 3 is 2.53 bits per heavy atom. The number of carbonyl (C=O) groups excluding carboxylic acids is 2. The van der Waals surface area contributed by atoms with Gasteiger partial charge in [-0.1, -0.05) is 30.3 Å². The number of ether oxygens (including phenoxy) is 3. The van der Waals surface area contributed by atoms with Crippen molar-refractivity contribution in [3.8, 4) is 17.2 Å². The molecule has 32 heavy (non-hydrogen) atoms. The largest absolute Gasteiger partial charge is 0.483 e. The van der Waals surface area contributed by atoms with Gasteiger partial charge in [0.05, 0.1) is 0 Å². The average molecular weight is 434 g/mol. The summed E-state index contributed by atoms with van der Waals surface area (Å²) in [4.78, 5) is 24.9. The first-order valence-corrected chi connectivity index (χ1v) is 10.6. The second kappa shape index (κ2) is 8.54. The molecule has 0 fully saturated rings. The van der Waals surface area contributed by atoms with E-state index in [0.717, 1.165) is 29.1 Å². The standard InChI is InChI=1S/C26H27NO5/c1-17-13-21(18(2)27(17)20-10-6-5-7-11-20)22(28)15-31-24(29)16-30-23-12-8-9-19-14-26(3,4)32-25(19)23/h5-13H,14-16H2,1-4H3. The molecular formula is C26H27NO5. The SMILES string of the molecule is Cc1cc(C(=O)COC(=O)COc2cccc3c2OC(C)(C)C3)c(C)n1-c1ccccc1. The van der Waals surface area contributed by atoms with Gasteiger partial charge >= 0.3 is 5.97 Å². The monoisotopic (exact) mass is 433 g/mol. The molecule has 0 radical (unpaired) electrons. The van der Waals surface area contributed by atoms with Crippen LogP contribution in [0, 0.1) is 13.8 Å². The maximum atomic E-state index is 12.7. The smallest absolute Gasteiger partial charge is 0.344 e. The Morgan fingerprint density at radius 1 is 1.03 bits per heavy atom. The molecule has 0 bridgehead atoms. The van der Waals surface area contributed by atoms with Crippen LogP contribution in [0.5, 0.6) is 11.5 Å². The zero-order valence-corrected chi connectivity index (χ0v) is 18.8. The number of fused-ring (bicyclic) bond motifs is 1. The normalized spacial score (nSPS) is 13.9. The van der Waals surface area contributed by atoms with Crippen LogP contribution in [-0.4, -0.2) is 35.1 Å². The third kappa shape index (κ3) is 4.40. The van der Waals surface area contributed by atoms with Crippen LogP contribution in [0.4, 0.5) is 0 Å². The maximum Gasteiger partial charge on any atom is 0.344 e. The Bertz CT molecular complexity index is 1160. The topological polar surface area (TPSA) is 66.8 Å². The summed E-state index contributed by atoms with van der Waals surface area (Å²) < 4.78 is 18.8. The third-order valence-corrected chi connectivity index (χ3v) is 5.51. The second-order valence-corrected chi connectivity index (χ2v) is 8.61. The molecule has 6 nitrogen and oxygen atoms in total. The minimum atomic E-state index is -0.606. The fourth-order valence-electron chi connectivity index (χ4n) is 4.12. The van der Waals surface area contributed by atoms with E-state index in [-0.39, 0.29) is 24.6 Å². The van der Waals surface area contributed by atoms with Crippen molar-refractivity contribution in [1.82, 2.24) is 4.57 Å². The summed E-state index contributed by atoms with van der Waals surface area (Å²) in [5.74, 6) is 0.307. The van der Waals surface area contributed by atoms with Crippen LogP contribution >= 0.6 is 0 Å². The van der Waals surface area contributed by atoms with Gasteiger partial charge in [-0.2, -0.15) is 0 Å². The van der Waals surface area contributed by atoms with Gasteiger partial charge in [0, 0.05) is 34.6 Å². The van der Waals surface area contributed by atoms with Crippen molar-refractivity contribution >= 4 is 11.8 Å². The number of aromatic nitrogens is 1. The Hall–Kier alpha value is -3.54. The van der Waals surface area contributed by atoms with Gasteiger partial charge in [0.15, 0.2) is 24.7 Å². The van der Waals surface area contributed by atoms with Crippen LogP contribution in [0.25, 0.3) is 5.69 Å². The highest BCUT2D eigenvalue weighted by atomic mass is 16.6. The molecule has 2 heterocycles. The molecule has 0 aliphatic carbocycles. The number of para-hydroxylation sites is 2. The van der Waals surface area contributed by atoms with Crippen molar-refractivity contribution < 1.29 is 23.8 Å². The molecule has 4 rings (SSSR count). The van der Waals surface area contributed by atoms with Crippen molar-refractivity contribution in [2.75, 3.05) is 13.2 Å².